The van der Waals surface area contributed by atoms with Gasteiger partial charge in [0, 0.05) is 17.1 Å². The van der Waals surface area contributed by atoms with E-state index in [1.165, 1.54) is 66.8 Å². The van der Waals surface area contributed by atoms with Crippen LogP contribution in [0.1, 0.15) is 22.3 Å². The molecule has 0 bridgehead atoms. The van der Waals surface area contributed by atoms with Crippen LogP contribution in [0.2, 0.25) is 0 Å². The van der Waals surface area contributed by atoms with Crippen LogP contribution < -0.4 is 4.90 Å². The summed E-state index contributed by atoms with van der Waals surface area (Å²) in [6, 6.07) is 86.3. The first-order chi connectivity index (χ1) is 27.8. The Morgan fingerprint density at radius 2 is 0.625 bits per heavy atom. The Morgan fingerprint density at radius 1 is 0.250 bits per heavy atom. The average molecular weight is 714 g/mol. The molecule has 264 valence electrons. The highest BCUT2D eigenvalue weighted by atomic mass is 15.1. The molecule has 0 radical (unpaired) electrons. The Kier molecular flexibility index (Phi) is 8.46. The zero-order valence-electron chi connectivity index (χ0n) is 31.0. The normalized spacial score (nSPS) is 12.4. The van der Waals surface area contributed by atoms with E-state index in [2.05, 4.69) is 241 Å². The van der Waals surface area contributed by atoms with Crippen molar-refractivity contribution in [2.45, 2.75) is 5.41 Å². The van der Waals surface area contributed by atoms with Crippen molar-refractivity contribution < 1.29 is 0 Å². The molecule has 9 aromatic rings. The fraction of sp³-hybridized carbons (Fsp3) is 0.0182. The monoisotopic (exact) mass is 713 g/mol. The summed E-state index contributed by atoms with van der Waals surface area (Å²) in [6.07, 6.45) is 0. The average Bonchev–Trinajstić information content (AvgIpc) is 3.58. The molecular weight excluding hydrogens is 675 g/mol. The van der Waals surface area contributed by atoms with Crippen LogP contribution in [-0.4, -0.2) is 0 Å². The summed E-state index contributed by atoms with van der Waals surface area (Å²) in [7, 11) is 0. The van der Waals surface area contributed by atoms with E-state index < -0.39 is 5.41 Å². The lowest BCUT2D eigenvalue weighted by molar-refractivity contribution is 0.768. The summed E-state index contributed by atoms with van der Waals surface area (Å²) in [5.41, 5.74) is 17.6. The first kappa shape index (κ1) is 33.4. The minimum Gasteiger partial charge on any atom is -0.310 e. The molecule has 0 amide bonds. The molecule has 0 aromatic heterocycles. The third-order valence-electron chi connectivity index (χ3n) is 11.3. The highest BCUT2D eigenvalue weighted by Gasteiger charge is 2.46. The number of hydrogen-bond acceptors (Lipinski definition) is 1. The van der Waals surface area contributed by atoms with Crippen LogP contribution in [-0.2, 0) is 5.41 Å². The SMILES string of the molecule is c1ccc(-c2ccc(N(c3cccc(-c4ccccc4)c3)c3ccc4c(c3)C(c3ccccc3)(c3ccccc3)c3cc(-c5ccccc5)ccc3-4)cc2)cc1. The molecule has 9 aromatic carbocycles. The van der Waals surface area contributed by atoms with Gasteiger partial charge in [-0.3, -0.25) is 0 Å². The minimum atomic E-state index is -0.553. The second-order valence-corrected chi connectivity index (χ2v) is 14.5. The molecular formula is C55H39N. The van der Waals surface area contributed by atoms with Gasteiger partial charge in [0.2, 0.25) is 0 Å². The first-order valence-corrected chi connectivity index (χ1v) is 19.3. The lowest BCUT2D eigenvalue weighted by Crippen LogP contribution is -2.28. The van der Waals surface area contributed by atoms with E-state index in [1.54, 1.807) is 0 Å². The predicted molar refractivity (Wildman–Crippen MR) is 235 cm³/mol. The second kappa shape index (κ2) is 14.2. The fourth-order valence-electron chi connectivity index (χ4n) is 8.76. The van der Waals surface area contributed by atoms with Gasteiger partial charge in [0.1, 0.15) is 0 Å². The van der Waals surface area contributed by atoms with E-state index in [0.29, 0.717) is 0 Å². The molecule has 0 N–H and O–H groups in total. The second-order valence-electron chi connectivity index (χ2n) is 14.5. The van der Waals surface area contributed by atoms with Crippen molar-refractivity contribution in [1.29, 1.82) is 0 Å². The van der Waals surface area contributed by atoms with E-state index in [-0.39, 0.29) is 0 Å². The number of rotatable bonds is 8. The Hall–Kier alpha value is -7.22. The van der Waals surface area contributed by atoms with Gasteiger partial charge >= 0.3 is 0 Å². The van der Waals surface area contributed by atoms with E-state index in [9.17, 15) is 0 Å². The van der Waals surface area contributed by atoms with Crippen LogP contribution in [0.25, 0.3) is 44.5 Å². The summed E-state index contributed by atoms with van der Waals surface area (Å²) >= 11 is 0. The summed E-state index contributed by atoms with van der Waals surface area (Å²) in [5, 5.41) is 0. The van der Waals surface area contributed by atoms with Crippen molar-refractivity contribution in [2.75, 3.05) is 4.90 Å². The highest BCUT2D eigenvalue weighted by Crippen LogP contribution is 2.58. The zero-order chi connectivity index (χ0) is 37.3. The van der Waals surface area contributed by atoms with Crippen molar-refractivity contribution in [3.8, 4) is 44.5 Å². The standard InChI is InChI=1S/C55H39N/c1-6-17-40(18-7-1)43-29-32-48(33-30-43)56(49-28-16-23-44(37-49)41-19-8-2-9-20-41)50-34-36-52-51-35-31-45(42-21-10-3-11-22-42)38-53(51)55(54(52)39-50,46-24-12-4-13-25-46)47-26-14-5-15-27-47/h1-39H. The maximum atomic E-state index is 2.46. The summed E-state index contributed by atoms with van der Waals surface area (Å²) in [5.74, 6) is 0. The van der Waals surface area contributed by atoms with Crippen LogP contribution >= 0.6 is 0 Å². The Bertz CT molecular complexity index is 2720. The van der Waals surface area contributed by atoms with Crippen molar-refractivity contribution in [3.05, 3.63) is 259 Å². The minimum absolute atomic E-state index is 0.553. The van der Waals surface area contributed by atoms with Crippen LogP contribution in [0.15, 0.2) is 237 Å². The van der Waals surface area contributed by atoms with Crippen molar-refractivity contribution in [3.63, 3.8) is 0 Å². The van der Waals surface area contributed by atoms with Crippen LogP contribution in [0.3, 0.4) is 0 Å². The van der Waals surface area contributed by atoms with Crippen molar-refractivity contribution in [2.24, 2.45) is 0 Å². The topological polar surface area (TPSA) is 3.24 Å². The lowest BCUT2D eigenvalue weighted by atomic mass is 9.67. The summed E-state index contributed by atoms with van der Waals surface area (Å²) < 4.78 is 0. The summed E-state index contributed by atoms with van der Waals surface area (Å²) in [4.78, 5) is 2.42. The molecule has 0 aliphatic heterocycles. The molecule has 0 saturated heterocycles. The Morgan fingerprint density at radius 3 is 1.18 bits per heavy atom. The molecule has 0 atom stereocenters. The molecule has 1 heteroatoms. The summed E-state index contributed by atoms with van der Waals surface area (Å²) in [6.45, 7) is 0. The van der Waals surface area contributed by atoms with Crippen molar-refractivity contribution in [1.82, 2.24) is 0 Å². The molecule has 0 heterocycles. The number of anilines is 3. The number of hydrogen-bond donors (Lipinski definition) is 0. The third kappa shape index (κ3) is 5.73. The zero-order valence-corrected chi connectivity index (χ0v) is 31.0. The van der Waals surface area contributed by atoms with Gasteiger partial charge in [0.05, 0.1) is 5.41 Å². The van der Waals surface area contributed by atoms with Gasteiger partial charge < -0.3 is 4.90 Å². The van der Waals surface area contributed by atoms with E-state index in [4.69, 9.17) is 0 Å². The Labute approximate surface area is 329 Å². The maximum Gasteiger partial charge on any atom is 0.0714 e. The smallest absolute Gasteiger partial charge is 0.0714 e. The van der Waals surface area contributed by atoms with E-state index in [0.717, 1.165) is 17.1 Å². The van der Waals surface area contributed by atoms with Gasteiger partial charge in [-0.2, -0.15) is 0 Å². The molecule has 0 spiro atoms. The van der Waals surface area contributed by atoms with Gasteiger partial charge in [0.25, 0.3) is 0 Å². The number of fused-ring (bicyclic) bond motifs is 3. The molecule has 56 heavy (non-hydrogen) atoms. The fourth-order valence-corrected chi connectivity index (χ4v) is 8.76. The van der Waals surface area contributed by atoms with Gasteiger partial charge in [-0.05, 0) is 109 Å². The molecule has 0 unspecified atom stereocenters. The van der Waals surface area contributed by atoms with Gasteiger partial charge in [-0.15, -0.1) is 0 Å². The van der Waals surface area contributed by atoms with Gasteiger partial charge in [-0.25, -0.2) is 0 Å². The highest BCUT2D eigenvalue weighted by molar-refractivity contribution is 5.91. The largest absolute Gasteiger partial charge is 0.310 e. The lowest BCUT2D eigenvalue weighted by Gasteiger charge is -2.35. The predicted octanol–water partition coefficient (Wildman–Crippen LogP) is 14.5. The van der Waals surface area contributed by atoms with E-state index in [1.807, 2.05) is 0 Å². The van der Waals surface area contributed by atoms with Crippen LogP contribution in [0, 0.1) is 0 Å². The quantitative estimate of drug-likeness (QED) is 0.152. The third-order valence-corrected chi connectivity index (χ3v) is 11.3. The Balaban J connectivity index is 1.22. The molecule has 1 aliphatic carbocycles. The molecule has 10 rings (SSSR count). The van der Waals surface area contributed by atoms with Crippen LogP contribution in [0.4, 0.5) is 17.1 Å². The van der Waals surface area contributed by atoms with Crippen molar-refractivity contribution >= 4 is 17.1 Å². The number of benzene rings is 9. The first-order valence-electron chi connectivity index (χ1n) is 19.3. The van der Waals surface area contributed by atoms with Crippen LogP contribution in [0.5, 0.6) is 0 Å². The number of nitrogens with zero attached hydrogens (tertiary/aromatic N) is 1. The maximum absolute atomic E-state index is 2.46. The molecule has 0 saturated carbocycles. The molecule has 1 aliphatic rings. The van der Waals surface area contributed by atoms with E-state index >= 15 is 0 Å². The van der Waals surface area contributed by atoms with Gasteiger partial charge in [-0.1, -0.05) is 194 Å². The molecule has 1 nitrogen and oxygen atoms in total. The van der Waals surface area contributed by atoms with Gasteiger partial charge in [0.15, 0.2) is 0 Å². The molecule has 0 fully saturated rings.